The summed E-state index contributed by atoms with van der Waals surface area (Å²) in [5, 5.41) is 0. The van der Waals surface area contributed by atoms with Gasteiger partial charge in [-0.2, -0.15) is 4.48 Å². The number of aryl methyl sites for hydroxylation is 2. The molecule has 6 aromatic carbocycles. The molecule has 2 aliphatic carbocycles. The summed E-state index contributed by atoms with van der Waals surface area (Å²) in [4.78, 5) is 0. The van der Waals surface area contributed by atoms with Crippen LogP contribution >= 0.6 is 0 Å². The summed E-state index contributed by atoms with van der Waals surface area (Å²) in [5.41, 5.74) is 18.2. The van der Waals surface area contributed by atoms with Gasteiger partial charge in [0, 0.05) is 59.4 Å². The molecule has 8 rings (SSSR count). The molecule has 2 aliphatic rings. The first kappa shape index (κ1) is 27.8. The van der Waals surface area contributed by atoms with Crippen LogP contribution in [0.1, 0.15) is 61.1 Å². The van der Waals surface area contributed by atoms with E-state index in [0.717, 1.165) is 0 Å². The molecule has 0 bridgehead atoms. The number of rotatable bonds is 4. The molecule has 0 amide bonds. The van der Waals surface area contributed by atoms with Gasteiger partial charge in [0.1, 0.15) is 22.7 Å². The number of fused-ring (bicyclic) bond motifs is 6. The molecular weight excluding hydrogens is 542 g/mol. The number of hydrogen-bond acceptors (Lipinski definition) is 0. The second-order valence-corrected chi connectivity index (χ2v) is 14.1. The van der Waals surface area contributed by atoms with Gasteiger partial charge in [0.2, 0.25) is 0 Å². The molecule has 0 atom stereocenters. The SMILES string of the molecule is Cc1ccc([N+](c2ccc(C)cc2)(c2ccc3c(c2)C(C)(C)c2ccccc2-3)c2ccc3c(c2)C(C)(C)c2ccccc2-3)cc1. The number of hydrogen-bond donors (Lipinski definition) is 0. The van der Waals surface area contributed by atoms with E-state index in [1.165, 1.54) is 78.4 Å². The third-order valence-electron chi connectivity index (χ3n) is 10.8. The lowest BCUT2D eigenvalue weighted by Gasteiger charge is -2.38. The van der Waals surface area contributed by atoms with E-state index >= 15 is 0 Å². The van der Waals surface area contributed by atoms with Crippen LogP contribution in [0.2, 0.25) is 0 Å². The van der Waals surface area contributed by atoms with Crippen molar-refractivity contribution in [2.45, 2.75) is 52.4 Å². The van der Waals surface area contributed by atoms with E-state index in [2.05, 4.69) is 175 Å². The van der Waals surface area contributed by atoms with Crippen molar-refractivity contribution in [2.75, 3.05) is 0 Å². The third kappa shape index (κ3) is 3.84. The Morgan fingerprint density at radius 2 is 0.689 bits per heavy atom. The number of quaternary nitrogens is 1. The molecule has 0 heterocycles. The largest absolute Gasteiger partial charge is 0.194 e. The lowest BCUT2D eigenvalue weighted by atomic mass is 9.81. The topological polar surface area (TPSA) is 0 Å². The minimum absolute atomic E-state index is 0.0975. The van der Waals surface area contributed by atoms with Crippen LogP contribution in [0, 0.1) is 13.8 Å². The molecule has 220 valence electrons. The molecule has 0 saturated heterocycles. The van der Waals surface area contributed by atoms with Crippen LogP contribution in [-0.4, -0.2) is 0 Å². The predicted molar refractivity (Wildman–Crippen MR) is 191 cm³/mol. The van der Waals surface area contributed by atoms with Gasteiger partial charge in [0.15, 0.2) is 0 Å². The molecule has 6 aromatic rings. The summed E-state index contributed by atoms with van der Waals surface area (Å²) in [7, 11) is 0. The molecule has 0 aromatic heterocycles. The van der Waals surface area contributed by atoms with Crippen LogP contribution in [-0.2, 0) is 10.8 Å². The summed E-state index contributed by atoms with van der Waals surface area (Å²) < 4.78 is 0.500. The Morgan fingerprint density at radius 1 is 0.356 bits per heavy atom. The fourth-order valence-electron chi connectivity index (χ4n) is 8.23. The van der Waals surface area contributed by atoms with E-state index in [9.17, 15) is 0 Å². The first-order valence-corrected chi connectivity index (χ1v) is 16.2. The zero-order valence-electron chi connectivity index (χ0n) is 27.1. The van der Waals surface area contributed by atoms with Crippen LogP contribution in [0.4, 0.5) is 22.7 Å². The van der Waals surface area contributed by atoms with Crippen molar-refractivity contribution in [1.82, 2.24) is 4.48 Å². The fraction of sp³-hybridized carbons (Fsp3) is 0.182. The fourth-order valence-corrected chi connectivity index (χ4v) is 8.23. The van der Waals surface area contributed by atoms with Gasteiger partial charge in [0.05, 0.1) is 0 Å². The standard InChI is InChI=1S/C44H40N/c1-29-15-19-31(20-16-29)45(32-21-17-30(2)18-22-32,33-23-25-37-35-11-7-9-13-39(35)43(3,4)41(37)27-33)34-24-26-38-36-12-8-10-14-40(36)44(5,6)42(38)28-34/h7-28H,1-6H3/q+1. The molecule has 0 N–H and O–H groups in total. The second kappa shape index (κ2) is 9.64. The van der Waals surface area contributed by atoms with Gasteiger partial charge >= 0.3 is 0 Å². The van der Waals surface area contributed by atoms with E-state index in [1.54, 1.807) is 0 Å². The molecule has 0 unspecified atom stereocenters. The van der Waals surface area contributed by atoms with Crippen molar-refractivity contribution in [3.8, 4) is 22.3 Å². The van der Waals surface area contributed by atoms with E-state index in [1.807, 2.05) is 0 Å². The number of nitrogens with zero attached hydrogens (tertiary/aromatic N) is 1. The lowest BCUT2D eigenvalue weighted by Crippen LogP contribution is -2.34. The van der Waals surface area contributed by atoms with Crippen molar-refractivity contribution >= 4 is 22.7 Å². The molecule has 0 fully saturated rings. The van der Waals surface area contributed by atoms with Gasteiger partial charge in [-0.05, 0) is 70.5 Å². The van der Waals surface area contributed by atoms with Crippen LogP contribution < -0.4 is 4.48 Å². The van der Waals surface area contributed by atoms with E-state index in [-0.39, 0.29) is 10.8 Å². The van der Waals surface area contributed by atoms with E-state index in [0.29, 0.717) is 4.48 Å². The molecular formula is C44H40N+. The molecule has 0 aliphatic heterocycles. The zero-order valence-corrected chi connectivity index (χ0v) is 27.1. The Balaban J connectivity index is 1.47. The average molecular weight is 583 g/mol. The second-order valence-electron chi connectivity index (χ2n) is 14.1. The maximum atomic E-state index is 2.50. The van der Waals surface area contributed by atoms with Gasteiger partial charge in [-0.25, -0.2) is 0 Å². The van der Waals surface area contributed by atoms with Gasteiger partial charge in [-0.15, -0.1) is 0 Å². The maximum absolute atomic E-state index is 2.50. The first-order chi connectivity index (χ1) is 21.6. The lowest BCUT2D eigenvalue weighted by molar-refractivity contribution is 0.646. The quantitative estimate of drug-likeness (QED) is 0.181. The molecule has 1 nitrogen and oxygen atoms in total. The summed E-state index contributed by atoms with van der Waals surface area (Å²) in [6, 6.07) is 50.7. The highest BCUT2D eigenvalue weighted by molar-refractivity contribution is 5.89. The van der Waals surface area contributed by atoms with Crippen molar-refractivity contribution in [3.05, 3.63) is 167 Å². The van der Waals surface area contributed by atoms with Crippen LogP contribution in [0.5, 0.6) is 0 Å². The third-order valence-corrected chi connectivity index (χ3v) is 10.8. The first-order valence-electron chi connectivity index (χ1n) is 16.2. The van der Waals surface area contributed by atoms with Crippen molar-refractivity contribution in [2.24, 2.45) is 0 Å². The molecule has 45 heavy (non-hydrogen) atoms. The van der Waals surface area contributed by atoms with Crippen LogP contribution in [0.25, 0.3) is 22.3 Å². The highest BCUT2D eigenvalue weighted by atomic mass is 15.4. The van der Waals surface area contributed by atoms with Crippen molar-refractivity contribution < 1.29 is 0 Å². The predicted octanol–water partition coefficient (Wildman–Crippen LogP) is 12.2. The Morgan fingerprint density at radius 3 is 1.09 bits per heavy atom. The monoisotopic (exact) mass is 582 g/mol. The van der Waals surface area contributed by atoms with Gasteiger partial charge in [-0.3, -0.25) is 0 Å². The van der Waals surface area contributed by atoms with Crippen LogP contribution in [0.3, 0.4) is 0 Å². The maximum Gasteiger partial charge on any atom is 0.148 e. The zero-order chi connectivity index (χ0) is 31.1. The van der Waals surface area contributed by atoms with Crippen molar-refractivity contribution in [3.63, 3.8) is 0 Å². The summed E-state index contributed by atoms with van der Waals surface area (Å²) >= 11 is 0. The van der Waals surface area contributed by atoms with Crippen LogP contribution in [0.15, 0.2) is 133 Å². The Labute approximate surface area is 268 Å². The molecule has 0 radical (unpaired) electrons. The Bertz CT molecular complexity index is 1950. The summed E-state index contributed by atoms with van der Waals surface area (Å²) in [6.07, 6.45) is 0. The van der Waals surface area contributed by atoms with Gasteiger partial charge in [-0.1, -0.05) is 112 Å². The van der Waals surface area contributed by atoms with Gasteiger partial charge in [0.25, 0.3) is 0 Å². The summed E-state index contributed by atoms with van der Waals surface area (Å²) in [6.45, 7) is 13.9. The minimum atomic E-state index is -0.0975. The van der Waals surface area contributed by atoms with E-state index < -0.39 is 0 Å². The Kier molecular flexibility index (Phi) is 5.95. The number of benzene rings is 6. The molecule has 0 saturated carbocycles. The normalized spacial score (nSPS) is 15.2. The van der Waals surface area contributed by atoms with Crippen molar-refractivity contribution in [1.29, 1.82) is 0 Å². The smallest absolute Gasteiger partial charge is 0.148 e. The minimum Gasteiger partial charge on any atom is -0.194 e. The highest BCUT2D eigenvalue weighted by Crippen LogP contribution is 2.58. The van der Waals surface area contributed by atoms with Gasteiger partial charge < -0.3 is 0 Å². The highest BCUT2D eigenvalue weighted by Gasteiger charge is 2.44. The Hall–Kier alpha value is -4.72. The summed E-state index contributed by atoms with van der Waals surface area (Å²) in [5.74, 6) is 0. The molecule has 1 heteroatoms. The average Bonchev–Trinajstić information content (AvgIpc) is 3.42. The van der Waals surface area contributed by atoms with E-state index in [4.69, 9.17) is 0 Å². The molecule has 0 spiro atoms.